The van der Waals surface area contributed by atoms with Crippen LogP contribution < -0.4 is 16.0 Å². The highest BCUT2D eigenvalue weighted by Gasteiger charge is 2.09. The molecule has 0 aromatic carbocycles. The fourth-order valence-corrected chi connectivity index (χ4v) is 1.68. The Hall–Kier alpha value is -2.00. The second kappa shape index (κ2) is 5.56. The summed E-state index contributed by atoms with van der Waals surface area (Å²) in [6.45, 7) is 1.91. The second-order valence-electron chi connectivity index (χ2n) is 3.22. The first kappa shape index (κ1) is 12.5. The van der Waals surface area contributed by atoms with Crippen LogP contribution in [0.25, 0.3) is 0 Å². The Bertz CT molecular complexity index is 511. The van der Waals surface area contributed by atoms with Gasteiger partial charge in [0.15, 0.2) is 5.16 Å². The Morgan fingerprint density at radius 2 is 1.89 bits per heavy atom. The van der Waals surface area contributed by atoms with Crippen molar-refractivity contribution in [3.8, 4) is 6.01 Å². The number of nitrogens with one attached hydrogen (secondary N) is 1. The van der Waals surface area contributed by atoms with Gasteiger partial charge in [0.1, 0.15) is 0 Å². The quantitative estimate of drug-likeness (QED) is 0.461. The normalized spacial score (nSPS) is 10.2. The van der Waals surface area contributed by atoms with E-state index in [1.54, 1.807) is 12.4 Å². The van der Waals surface area contributed by atoms with Crippen LogP contribution >= 0.6 is 11.8 Å². The van der Waals surface area contributed by atoms with Crippen molar-refractivity contribution < 1.29 is 4.74 Å². The SMILES string of the molecule is COc1nc(NN)nc(Sc2ncc(C)cn2)n1. The van der Waals surface area contributed by atoms with Gasteiger partial charge in [0, 0.05) is 12.4 Å². The molecule has 0 amide bonds. The standard InChI is InChI=1S/C9H11N7OS/c1-5-3-11-8(12-4-5)18-9-14-6(16-10)13-7(15-9)17-2/h3-4H,10H2,1-2H3,(H,13,14,15,16). The Morgan fingerprint density at radius 3 is 2.50 bits per heavy atom. The molecule has 0 aliphatic carbocycles. The Balaban J connectivity index is 2.25. The molecule has 9 heteroatoms. The van der Waals surface area contributed by atoms with E-state index >= 15 is 0 Å². The molecule has 0 aliphatic heterocycles. The molecular weight excluding hydrogens is 254 g/mol. The van der Waals surface area contributed by atoms with Crippen molar-refractivity contribution in [1.82, 2.24) is 24.9 Å². The van der Waals surface area contributed by atoms with E-state index in [0.717, 1.165) is 5.56 Å². The van der Waals surface area contributed by atoms with Gasteiger partial charge in [-0.25, -0.2) is 15.8 Å². The highest BCUT2D eigenvalue weighted by Crippen LogP contribution is 2.22. The van der Waals surface area contributed by atoms with E-state index in [1.165, 1.54) is 18.9 Å². The lowest BCUT2D eigenvalue weighted by molar-refractivity contribution is 0.373. The average molecular weight is 265 g/mol. The van der Waals surface area contributed by atoms with E-state index in [9.17, 15) is 0 Å². The van der Waals surface area contributed by atoms with Gasteiger partial charge in [-0.15, -0.1) is 0 Å². The Morgan fingerprint density at radius 1 is 1.17 bits per heavy atom. The fourth-order valence-electron chi connectivity index (χ4n) is 1.05. The summed E-state index contributed by atoms with van der Waals surface area (Å²) in [6.07, 6.45) is 3.44. The van der Waals surface area contributed by atoms with Crippen molar-refractivity contribution in [3.63, 3.8) is 0 Å². The van der Waals surface area contributed by atoms with Crippen molar-refractivity contribution in [3.05, 3.63) is 18.0 Å². The van der Waals surface area contributed by atoms with Crippen LogP contribution in [-0.2, 0) is 0 Å². The minimum atomic E-state index is 0.174. The van der Waals surface area contributed by atoms with Crippen LogP contribution in [0.5, 0.6) is 6.01 Å². The number of nitrogen functional groups attached to an aromatic ring is 1. The summed E-state index contributed by atoms with van der Waals surface area (Å²) in [5, 5.41) is 0.940. The number of hydrogen-bond donors (Lipinski definition) is 2. The molecule has 2 aromatic rings. The number of hydrazine groups is 1. The molecule has 2 rings (SSSR count). The third-order valence-electron chi connectivity index (χ3n) is 1.85. The van der Waals surface area contributed by atoms with Gasteiger partial charge in [-0.3, -0.25) is 5.43 Å². The number of methoxy groups -OCH3 is 1. The van der Waals surface area contributed by atoms with Crippen LogP contribution in [0.4, 0.5) is 5.95 Å². The van der Waals surface area contributed by atoms with Gasteiger partial charge in [0.2, 0.25) is 11.1 Å². The zero-order valence-corrected chi connectivity index (χ0v) is 10.6. The number of aromatic nitrogens is 5. The van der Waals surface area contributed by atoms with Crippen LogP contribution in [0.15, 0.2) is 22.7 Å². The number of anilines is 1. The van der Waals surface area contributed by atoms with Gasteiger partial charge in [0.25, 0.3) is 0 Å². The number of aryl methyl sites for hydroxylation is 1. The number of hydrogen-bond acceptors (Lipinski definition) is 9. The molecule has 0 fully saturated rings. The molecule has 0 unspecified atom stereocenters. The maximum absolute atomic E-state index is 5.26. The first-order valence-electron chi connectivity index (χ1n) is 4.94. The summed E-state index contributed by atoms with van der Waals surface area (Å²) in [6, 6.07) is 0.174. The van der Waals surface area contributed by atoms with Crippen molar-refractivity contribution in [1.29, 1.82) is 0 Å². The molecule has 0 saturated heterocycles. The first-order valence-corrected chi connectivity index (χ1v) is 5.76. The van der Waals surface area contributed by atoms with Gasteiger partial charge in [-0.1, -0.05) is 0 Å². The lowest BCUT2D eigenvalue weighted by atomic mass is 10.4. The zero-order valence-electron chi connectivity index (χ0n) is 9.78. The molecule has 0 saturated carbocycles. The number of nitrogens with two attached hydrogens (primary N) is 1. The average Bonchev–Trinajstić information content (AvgIpc) is 2.41. The maximum atomic E-state index is 5.26. The van der Waals surface area contributed by atoms with Crippen LogP contribution in [0, 0.1) is 6.92 Å². The smallest absolute Gasteiger partial charge is 0.322 e. The molecule has 2 aromatic heterocycles. The van der Waals surface area contributed by atoms with Gasteiger partial charge < -0.3 is 4.74 Å². The molecule has 0 bridgehead atoms. The molecule has 3 N–H and O–H groups in total. The lowest BCUT2D eigenvalue weighted by Gasteiger charge is -2.04. The van der Waals surface area contributed by atoms with E-state index < -0.39 is 0 Å². The van der Waals surface area contributed by atoms with Crippen molar-refractivity contribution in [2.45, 2.75) is 17.2 Å². The Kier molecular flexibility index (Phi) is 3.85. The molecule has 94 valence electrons. The molecule has 2 heterocycles. The Labute approximate surface area is 107 Å². The third-order valence-corrected chi connectivity index (χ3v) is 2.60. The van der Waals surface area contributed by atoms with Crippen LogP contribution in [0.1, 0.15) is 5.56 Å². The monoisotopic (exact) mass is 265 g/mol. The van der Waals surface area contributed by atoms with E-state index in [4.69, 9.17) is 10.6 Å². The molecule has 0 spiro atoms. The van der Waals surface area contributed by atoms with Crippen LogP contribution in [-0.4, -0.2) is 32.0 Å². The topological polar surface area (TPSA) is 112 Å². The van der Waals surface area contributed by atoms with Crippen LogP contribution in [0.2, 0.25) is 0 Å². The van der Waals surface area contributed by atoms with Gasteiger partial charge >= 0.3 is 6.01 Å². The van der Waals surface area contributed by atoms with E-state index in [1.807, 2.05) is 6.92 Å². The highest BCUT2D eigenvalue weighted by atomic mass is 32.2. The van der Waals surface area contributed by atoms with E-state index in [0.29, 0.717) is 10.3 Å². The zero-order chi connectivity index (χ0) is 13.0. The number of nitrogens with zero attached hydrogens (tertiary/aromatic N) is 5. The maximum Gasteiger partial charge on any atom is 0.322 e. The van der Waals surface area contributed by atoms with E-state index in [-0.39, 0.29) is 12.0 Å². The summed E-state index contributed by atoms with van der Waals surface area (Å²) < 4.78 is 4.94. The first-order chi connectivity index (χ1) is 8.71. The van der Waals surface area contributed by atoms with Gasteiger partial charge in [0.05, 0.1) is 7.11 Å². The molecule has 0 aliphatic rings. The minimum Gasteiger partial charge on any atom is -0.467 e. The molecule has 0 atom stereocenters. The van der Waals surface area contributed by atoms with Gasteiger partial charge in [-0.2, -0.15) is 15.0 Å². The van der Waals surface area contributed by atoms with Crippen molar-refractivity contribution in [2.75, 3.05) is 12.5 Å². The summed E-state index contributed by atoms with van der Waals surface area (Å²) in [5.41, 5.74) is 3.32. The molecule has 18 heavy (non-hydrogen) atoms. The second-order valence-corrected chi connectivity index (χ2v) is 4.15. The summed E-state index contributed by atoms with van der Waals surface area (Å²) in [5.74, 6) is 5.48. The van der Waals surface area contributed by atoms with Crippen LogP contribution in [0.3, 0.4) is 0 Å². The predicted molar refractivity (Wildman–Crippen MR) is 65.1 cm³/mol. The lowest BCUT2D eigenvalue weighted by Crippen LogP contribution is -2.12. The number of rotatable bonds is 4. The summed E-state index contributed by atoms with van der Waals surface area (Å²) in [7, 11) is 1.46. The largest absolute Gasteiger partial charge is 0.467 e. The minimum absolute atomic E-state index is 0.174. The molecule has 8 nitrogen and oxygen atoms in total. The molecule has 0 radical (unpaired) electrons. The van der Waals surface area contributed by atoms with Crippen molar-refractivity contribution >= 4 is 17.7 Å². The third kappa shape index (κ3) is 3.02. The fraction of sp³-hybridized carbons (Fsp3) is 0.222. The van der Waals surface area contributed by atoms with Crippen molar-refractivity contribution in [2.24, 2.45) is 5.84 Å². The predicted octanol–water partition coefficient (Wildman–Crippen LogP) is 0.415. The highest BCUT2D eigenvalue weighted by molar-refractivity contribution is 7.99. The van der Waals surface area contributed by atoms with Gasteiger partial charge in [-0.05, 0) is 24.2 Å². The summed E-state index contributed by atoms with van der Waals surface area (Å²) in [4.78, 5) is 20.3. The summed E-state index contributed by atoms with van der Waals surface area (Å²) >= 11 is 1.20. The number of ether oxygens (including phenoxy) is 1. The van der Waals surface area contributed by atoms with E-state index in [2.05, 4.69) is 30.3 Å². The molecular formula is C9H11N7OS.